The van der Waals surface area contributed by atoms with Crippen LogP contribution >= 0.6 is 0 Å². The molecule has 3 nitrogen and oxygen atoms in total. The monoisotopic (exact) mass is 287 g/mol. The number of esters is 1. The molecule has 1 aliphatic rings. The molecule has 0 aliphatic heterocycles. The average molecular weight is 287 g/mol. The van der Waals surface area contributed by atoms with Crippen molar-refractivity contribution in [1.29, 1.82) is 0 Å². The molecule has 6 heteroatoms. The Balaban J connectivity index is 2.16. The van der Waals surface area contributed by atoms with Crippen LogP contribution < -0.4 is 5.73 Å². The second-order valence-corrected chi connectivity index (χ2v) is 4.97. The normalized spacial score (nSPS) is 16.9. The number of benzene rings is 1. The molecule has 0 spiro atoms. The zero-order valence-electron chi connectivity index (χ0n) is 10.9. The first-order chi connectivity index (χ1) is 9.38. The van der Waals surface area contributed by atoms with Crippen LogP contribution in [0.5, 0.6) is 0 Å². The van der Waals surface area contributed by atoms with Gasteiger partial charge in [0.1, 0.15) is 6.10 Å². The highest BCUT2D eigenvalue weighted by molar-refractivity contribution is 5.95. The summed E-state index contributed by atoms with van der Waals surface area (Å²) in [5, 5.41) is 0. The van der Waals surface area contributed by atoms with Crippen molar-refractivity contribution in [3.8, 4) is 0 Å². The molecule has 20 heavy (non-hydrogen) atoms. The number of halogens is 3. The maximum Gasteiger partial charge on any atom is 0.416 e. The summed E-state index contributed by atoms with van der Waals surface area (Å²) in [5.41, 5.74) is 4.45. The first kappa shape index (κ1) is 14.7. The van der Waals surface area contributed by atoms with Gasteiger partial charge in [0.25, 0.3) is 0 Å². The van der Waals surface area contributed by atoms with E-state index in [1.54, 1.807) is 0 Å². The zero-order valence-corrected chi connectivity index (χ0v) is 10.9. The molecule has 2 N–H and O–H groups in total. The molecule has 1 aliphatic carbocycles. The van der Waals surface area contributed by atoms with E-state index in [1.165, 1.54) is 0 Å². The van der Waals surface area contributed by atoms with Crippen LogP contribution in [0.3, 0.4) is 0 Å². The molecule has 110 valence electrons. The van der Waals surface area contributed by atoms with Gasteiger partial charge in [-0.3, -0.25) is 0 Å². The van der Waals surface area contributed by atoms with Gasteiger partial charge >= 0.3 is 12.1 Å². The second-order valence-electron chi connectivity index (χ2n) is 4.97. The van der Waals surface area contributed by atoms with E-state index in [0.29, 0.717) is 0 Å². The largest absolute Gasteiger partial charge is 0.459 e. The van der Waals surface area contributed by atoms with Gasteiger partial charge in [0, 0.05) is 5.69 Å². The standard InChI is InChI=1S/C14H16F3NO2/c15-14(16,17)9-6-7-12(18)11(8-9)13(19)20-10-4-2-1-3-5-10/h6-8,10H,1-5,18H2. The smallest absolute Gasteiger partial charge is 0.416 e. The lowest BCUT2D eigenvalue weighted by Crippen LogP contribution is -2.22. The van der Waals surface area contributed by atoms with Gasteiger partial charge in [-0.05, 0) is 43.9 Å². The Morgan fingerprint density at radius 2 is 1.85 bits per heavy atom. The lowest BCUT2D eigenvalue weighted by atomic mass is 9.97. The van der Waals surface area contributed by atoms with Gasteiger partial charge in [-0.15, -0.1) is 0 Å². The highest BCUT2D eigenvalue weighted by Gasteiger charge is 2.32. The summed E-state index contributed by atoms with van der Waals surface area (Å²) >= 11 is 0. The van der Waals surface area contributed by atoms with Gasteiger partial charge in [-0.1, -0.05) is 6.42 Å². The number of carbonyl (C=O) groups is 1. The van der Waals surface area contributed by atoms with Crippen molar-refractivity contribution in [3.05, 3.63) is 29.3 Å². The molecular formula is C14H16F3NO2. The first-order valence-electron chi connectivity index (χ1n) is 6.55. The fraction of sp³-hybridized carbons (Fsp3) is 0.500. The summed E-state index contributed by atoms with van der Waals surface area (Å²) in [7, 11) is 0. The van der Waals surface area contributed by atoms with Crippen molar-refractivity contribution < 1.29 is 22.7 Å². The fourth-order valence-corrected chi connectivity index (χ4v) is 2.31. The Bertz CT molecular complexity index is 494. The van der Waals surface area contributed by atoms with Crippen molar-refractivity contribution in [3.63, 3.8) is 0 Å². The molecule has 1 aromatic carbocycles. The number of carbonyl (C=O) groups excluding carboxylic acids is 1. The summed E-state index contributed by atoms with van der Waals surface area (Å²) in [4.78, 5) is 11.9. The van der Waals surface area contributed by atoms with Crippen LogP contribution in [0.15, 0.2) is 18.2 Å². The van der Waals surface area contributed by atoms with E-state index < -0.39 is 17.7 Å². The van der Waals surface area contributed by atoms with Crippen molar-refractivity contribution in [1.82, 2.24) is 0 Å². The Labute approximate surface area is 114 Å². The Morgan fingerprint density at radius 1 is 1.20 bits per heavy atom. The Hall–Kier alpha value is -1.72. The van der Waals surface area contributed by atoms with E-state index in [4.69, 9.17) is 10.5 Å². The van der Waals surface area contributed by atoms with Gasteiger partial charge in [0.05, 0.1) is 11.1 Å². The minimum atomic E-state index is -4.51. The topological polar surface area (TPSA) is 52.3 Å². The molecular weight excluding hydrogens is 271 g/mol. The van der Waals surface area contributed by atoms with Crippen LogP contribution in [0, 0.1) is 0 Å². The molecule has 1 aromatic rings. The van der Waals surface area contributed by atoms with Crippen molar-refractivity contribution in [2.24, 2.45) is 0 Å². The van der Waals surface area contributed by atoms with Gasteiger partial charge in [0.15, 0.2) is 0 Å². The van der Waals surface area contributed by atoms with Crippen LogP contribution in [0.4, 0.5) is 18.9 Å². The van der Waals surface area contributed by atoms with E-state index in [2.05, 4.69) is 0 Å². The second kappa shape index (κ2) is 5.73. The fourth-order valence-electron chi connectivity index (χ4n) is 2.31. The van der Waals surface area contributed by atoms with Gasteiger partial charge in [-0.2, -0.15) is 13.2 Å². The number of nitrogens with two attached hydrogens (primary N) is 1. The van der Waals surface area contributed by atoms with E-state index in [1.807, 2.05) is 0 Å². The summed E-state index contributed by atoms with van der Waals surface area (Å²) < 4.78 is 43.1. The Kier molecular flexibility index (Phi) is 4.20. The molecule has 0 amide bonds. The van der Waals surface area contributed by atoms with Gasteiger partial charge < -0.3 is 10.5 Å². The number of ether oxygens (including phenoxy) is 1. The number of hydrogen-bond donors (Lipinski definition) is 1. The van der Waals surface area contributed by atoms with E-state index in [0.717, 1.165) is 50.3 Å². The molecule has 2 rings (SSSR count). The summed E-state index contributed by atoms with van der Waals surface area (Å²) in [6.45, 7) is 0. The molecule has 0 unspecified atom stereocenters. The molecule has 0 bridgehead atoms. The predicted molar refractivity (Wildman–Crippen MR) is 68.1 cm³/mol. The third-order valence-corrected chi connectivity index (χ3v) is 3.43. The van der Waals surface area contributed by atoms with Crippen molar-refractivity contribution in [2.75, 3.05) is 5.73 Å². The summed E-state index contributed by atoms with van der Waals surface area (Å²) in [6, 6.07) is 2.69. The predicted octanol–water partition coefficient (Wildman–Crippen LogP) is 3.78. The molecule has 1 saturated carbocycles. The Morgan fingerprint density at radius 3 is 2.45 bits per heavy atom. The van der Waals surface area contributed by atoms with E-state index >= 15 is 0 Å². The number of rotatable bonds is 2. The molecule has 1 fully saturated rings. The van der Waals surface area contributed by atoms with E-state index in [9.17, 15) is 18.0 Å². The average Bonchev–Trinajstić information content (AvgIpc) is 2.39. The molecule has 0 saturated heterocycles. The molecule has 0 radical (unpaired) electrons. The van der Waals surface area contributed by atoms with Crippen LogP contribution in [-0.4, -0.2) is 12.1 Å². The van der Waals surface area contributed by atoms with Gasteiger partial charge in [-0.25, -0.2) is 4.79 Å². The third-order valence-electron chi connectivity index (χ3n) is 3.43. The van der Waals surface area contributed by atoms with Gasteiger partial charge in [0.2, 0.25) is 0 Å². The number of anilines is 1. The maximum atomic E-state index is 12.6. The highest BCUT2D eigenvalue weighted by Crippen LogP contribution is 2.32. The highest BCUT2D eigenvalue weighted by atomic mass is 19.4. The quantitative estimate of drug-likeness (QED) is 0.665. The maximum absolute atomic E-state index is 12.6. The SMILES string of the molecule is Nc1ccc(C(F)(F)F)cc1C(=O)OC1CCCCC1. The van der Waals surface area contributed by atoms with Crippen molar-refractivity contribution >= 4 is 11.7 Å². The third kappa shape index (κ3) is 3.43. The minimum Gasteiger partial charge on any atom is -0.459 e. The number of alkyl halides is 3. The minimum absolute atomic E-state index is 0.00110. The van der Waals surface area contributed by atoms with Crippen LogP contribution in [0.1, 0.15) is 48.0 Å². The summed E-state index contributed by atoms with van der Waals surface area (Å²) in [6.07, 6.45) is -0.181. The zero-order chi connectivity index (χ0) is 14.8. The van der Waals surface area contributed by atoms with Crippen LogP contribution in [-0.2, 0) is 10.9 Å². The van der Waals surface area contributed by atoms with Crippen LogP contribution in [0.25, 0.3) is 0 Å². The lowest BCUT2D eigenvalue weighted by Gasteiger charge is -2.22. The molecule has 0 aromatic heterocycles. The number of nitrogen functional groups attached to an aromatic ring is 1. The number of hydrogen-bond acceptors (Lipinski definition) is 3. The van der Waals surface area contributed by atoms with Crippen molar-refractivity contribution in [2.45, 2.75) is 44.4 Å². The molecule has 0 heterocycles. The first-order valence-corrected chi connectivity index (χ1v) is 6.55. The molecule has 0 atom stereocenters. The lowest BCUT2D eigenvalue weighted by molar-refractivity contribution is -0.137. The van der Waals surface area contributed by atoms with Crippen LogP contribution in [0.2, 0.25) is 0 Å². The van der Waals surface area contributed by atoms with E-state index in [-0.39, 0.29) is 17.4 Å². The summed E-state index contributed by atoms with van der Waals surface area (Å²) in [5.74, 6) is -0.777.